The topological polar surface area (TPSA) is 32.3 Å². The lowest BCUT2D eigenvalue weighted by Crippen LogP contribution is -2.34. The van der Waals surface area contributed by atoms with Crippen molar-refractivity contribution in [2.75, 3.05) is 13.6 Å². The molecule has 0 aromatic heterocycles. The van der Waals surface area contributed by atoms with Crippen molar-refractivity contribution in [1.29, 1.82) is 0 Å². The SMILES string of the molecule is CNCCC(=O)N(Cc1ccc(C(C)C)cc1)C1CC1.Cl. The van der Waals surface area contributed by atoms with E-state index in [0.29, 0.717) is 18.4 Å². The predicted octanol–water partition coefficient (Wildman–Crippen LogP) is 3.33. The molecule has 1 aliphatic rings. The summed E-state index contributed by atoms with van der Waals surface area (Å²) in [6.07, 6.45) is 2.92. The molecule has 0 atom stereocenters. The molecule has 1 aliphatic carbocycles. The molecule has 3 nitrogen and oxygen atoms in total. The first-order chi connectivity index (χ1) is 9.61. The number of rotatable bonds is 7. The van der Waals surface area contributed by atoms with Gasteiger partial charge in [0.05, 0.1) is 0 Å². The normalized spacial score (nSPS) is 13.9. The zero-order valence-corrected chi connectivity index (χ0v) is 14.1. The second kappa shape index (κ2) is 8.40. The summed E-state index contributed by atoms with van der Waals surface area (Å²) in [6, 6.07) is 9.17. The monoisotopic (exact) mass is 310 g/mol. The summed E-state index contributed by atoms with van der Waals surface area (Å²) in [7, 11) is 1.89. The number of nitrogens with zero attached hydrogens (tertiary/aromatic N) is 1. The van der Waals surface area contributed by atoms with Crippen LogP contribution in [0.4, 0.5) is 0 Å². The highest BCUT2D eigenvalue weighted by Gasteiger charge is 2.31. The molecular formula is C17H27ClN2O. The molecule has 1 saturated carbocycles. The average molecular weight is 311 g/mol. The largest absolute Gasteiger partial charge is 0.335 e. The first-order valence-corrected chi connectivity index (χ1v) is 7.64. The number of hydrogen-bond acceptors (Lipinski definition) is 2. The van der Waals surface area contributed by atoms with E-state index in [1.165, 1.54) is 11.1 Å². The van der Waals surface area contributed by atoms with E-state index in [-0.39, 0.29) is 18.3 Å². The van der Waals surface area contributed by atoms with Crippen molar-refractivity contribution in [2.24, 2.45) is 0 Å². The Balaban J connectivity index is 0.00000220. The first kappa shape index (κ1) is 18.0. The minimum absolute atomic E-state index is 0. The molecule has 1 fully saturated rings. The van der Waals surface area contributed by atoms with Gasteiger partial charge < -0.3 is 10.2 Å². The molecular weight excluding hydrogens is 284 g/mol. The highest BCUT2D eigenvalue weighted by Crippen LogP contribution is 2.29. The Morgan fingerprint density at radius 3 is 2.38 bits per heavy atom. The number of amides is 1. The molecule has 0 aliphatic heterocycles. The Bertz CT molecular complexity index is 441. The number of nitrogens with one attached hydrogen (secondary N) is 1. The van der Waals surface area contributed by atoms with Gasteiger partial charge in [-0.2, -0.15) is 0 Å². The lowest BCUT2D eigenvalue weighted by atomic mass is 10.0. The third-order valence-corrected chi connectivity index (χ3v) is 3.90. The first-order valence-electron chi connectivity index (χ1n) is 7.64. The standard InChI is InChI=1S/C17H26N2O.ClH/c1-13(2)15-6-4-14(5-7-15)12-19(16-8-9-16)17(20)10-11-18-3;/h4-7,13,16,18H,8-12H2,1-3H3;1H. The van der Waals surface area contributed by atoms with E-state index >= 15 is 0 Å². The molecule has 0 radical (unpaired) electrons. The van der Waals surface area contributed by atoms with E-state index in [0.717, 1.165) is 25.9 Å². The van der Waals surface area contributed by atoms with Crippen LogP contribution >= 0.6 is 12.4 Å². The van der Waals surface area contributed by atoms with Crippen molar-refractivity contribution in [3.8, 4) is 0 Å². The van der Waals surface area contributed by atoms with E-state index < -0.39 is 0 Å². The Morgan fingerprint density at radius 2 is 1.90 bits per heavy atom. The van der Waals surface area contributed by atoms with Crippen LogP contribution in [0.3, 0.4) is 0 Å². The van der Waals surface area contributed by atoms with Gasteiger partial charge in [-0.25, -0.2) is 0 Å². The highest BCUT2D eigenvalue weighted by molar-refractivity contribution is 5.85. The van der Waals surface area contributed by atoms with Gasteiger partial charge in [-0.3, -0.25) is 4.79 Å². The van der Waals surface area contributed by atoms with Gasteiger partial charge in [0.2, 0.25) is 5.91 Å². The van der Waals surface area contributed by atoms with E-state index in [2.05, 4.69) is 48.3 Å². The summed E-state index contributed by atoms with van der Waals surface area (Å²) in [5.41, 5.74) is 2.59. The van der Waals surface area contributed by atoms with E-state index in [9.17, 15) is 4.79 Å². The average Bonchev–Trinajstić information content (AvgIpc) is 3.27. The lowest BCUT2D eigenvalue weighted by Gasteiger charge is -2.23. The lowest BCUT2D eigenvalue weighted by molar-refractivity contribution is -0.132. The fourth-order valence-corrected chi connectivity index (χ4v) is 2.39. The van der Waals surface area contributed by atoms with Crippen molar-refractivity contribution in [3.63, 3.8) is 0 Å². The third-order valence-electron chi connectivity index (χ3n) is 3.90. The fourth-order valence-electron chi connectivity index (χ4n) is 2.39. The van der Waals surface area contributed by atoms with E-state index in [4.69, 9.17) is 0 Å². The van der Waals surface area contributed by atoms with Crippen LogP contribution in [0.25, 0.3) is 0 Å². The van der Waals surface area contributed by atoms with Crippen LogP contribution in [0.15, 0.2) is 24.3 Å². The van der Waals surface area contributed by atoms with Crippen LogP contribution < -0.4 is 5.32 Å². The van der Waals surface area contributed by atoms with Gasteiger partial charge in [0.15, 0.2) is 0 Å². The maximum atomic E-state index is 12.2. The molecule has 2 rings (SSSR count). The number of benzene rings is 1. The molecule has 0 unspecified atom stereocenters. The number of carbonyl (C=O) groups excluding carboxylic acids is 1. The van der Waals surface area contributed by atoms with Crippen LogP contribution in [0.1, 0.15) is 50.2 Å². The van der Waals surface area contributed by atoms with Crippen LogP contribution in [-0.4, -0.2) is 30.4 Å². The van der Waals surface area contributed by atoms with Gasteiger partial charge >= 0.3 is 0 Å². The van der Waals surface area contributed by atoms with Gasteiger partial charge in [-0.1, -0.05) is 38.1 Å². The fraction of sp³-hybridized carbons (Fsp3) is 0.588. The molecule has 0 saturated heterocycles. The molecule has 1 aromatic rings. The predicted molar refractivity (Wildman–Crippen MR) is 89.9 cm³/mol. The molecule has 1 amide bonds. The number of hydrogen-bond donors (Lipinski definition) is 1. The van der Waals surface area contributed by atoms with Gasteiger partial charge in [0.25, 0.3) is 0 Å². The van der Waals surface area contributed by atoms with Crippen LogP contribution in [0.2, 0.25) is 0 Å². The maximum absolute atomic E-state index is 12.2. The van der Waals surface area contributed by atoms with E-state index in [1.54, 1.807) is 0 Å². The number of carbonyl (C=O) groups is 1. The minimum Gasteiger partial charge on any atom is -0.335 e. The van der Waals surface area contributed by atoms with Crippen LogP contribution in [0, 0.1) is 0 Å². The molecule has 4 heteroatoms. The van der Waals surface area contributed by atoms with Gasteiger partial charge in [0, 0.05) is 25.6 Å². The third kappa shape index (κ3) is 5.33. The molecule has 0 spiro atoms. The summed E-state index contributed by atoms with van der Waals surface area (Å²) in [5, 5.41) is 3.05. The maximum Gasteiger partial charge on any atom is 0.224 e. The molecule has 1 aromatic carbocycles. The smallest absolute Gasteiger partial charge is 0.224 e. The molecule has 1 N–H and O–H groups in total. The van der Waals surface area contributed by atoms with E-state index in [1.807, 2.05) is 7.05 Å². The molecule has 21 heavy (non-hydrogen) atoms. The Morgan fingerprint density at radius 1 is 1.29 bits per heavy atom. The zero-order chi connectivity index (χ0) is 14.5. The van der Waals surface area contributed by atoms with Gasteiger partial charge in [-0.05, 0) is 36.9 Å². The minimum atomic E-state index is 0. The summed E-state index contributed by atoms with van der Waals surface area (Å²) in [6.45, 7) is 5.92. The molecule has 0 bridgehead atoms. The molecule has 0 heterocycles. The van der Waals surface area contributed by atoms with Crippen molar-refractivity contribution in [3.05, 3.63) is 35.4 Å². The number of halogens is 1. The summed E-state index contributed by atoms with van der Waals surface area (Å²) in [4.78, 5) is 14.3. The summed E-state index contributed by atoms with van der Waals surface area (Å²) >= 11 is 0. The van der Waals surface area contributed by atoms with Crippen LogP contribution in [-0.2, 0) is 11.3 Å². The Kier molecular flexibility index (Phi) is 7.20. The molecule has 118 valence electrons. The van der Waals surface area contributed by atoms with Gasteiger partial charge in [-0.15, -0.1) is 12.4 Å². The summed E-state index contributed by atoms with van der Waals surface area (Å²) < 4.78 is 0. The zero-order valence-electron chi connectivity index (χ0n) is 13.3. The Hall–Kier alpha value is -1.06. The van der Waals surface area contributed by atoms with Gasteiger partial charge in [0.1, 0.15) is 0 Å². The van der Waals surface area contributed by atoms with Crippen molar-refractivity contribution >= 4 is 18.3 Å². The highest BCUT2D eigenvalue weighted by atomic mass is 35.5. The van der Waals surface area contributed by atoms with Crippen molar-refractivity contribution < 1.29 is 4.79 Å². The van der Waals surface area contributed by atoms with Crippen molar-refractivity contribution in [1.82, 2.24) is 10.2 Å². The Labute approximate surface area is 134 Å². The summed E-state index contributed by atoms with van der Waals surface area (Å²) in [5.74, 6) is 0.829. The van der Waals surface area contributed by atoms with Crippen LogP contribution in [0.5, 0.6) is 0 Å². The second-order valence-electron chi connectivity index (χ2n) is 6.00. The quantitative estimate of drug-likeness (QED) is 0.838. The second-order valence-corrected chi connectivity index (χ2v) is 6.00. The van der Waals surface area contributed by atoms with Crippen molar-refractivity contribution in [2.45, 2.75) is 51.6 Å².